The zero-order valence-electron chi connectivity index (χ0n) is 12.1. The summed E-state index contributed by atoms with van der Waals surface area (Å²) in [5.74, 6) is -0.890. The van der Waals surface area contributed by atoms with Gasteiger partial charge in [-0.25, -0.2) is 0 Å². The SMILES string of the molecule is O=C(NC(COc1cccnc1)Cc1ccccc1)C(F)(F)Br. The number of hydrogen-bond acceptors (Lipinski definition) is 3. The van der Waals surface area contributed by atoms with Crippen molar-refractivity contribution in [2.75, 3.05) is 6.61 Å². The summed E-state index contributed by atoms with van der Waals surface area (Å²) in [4.78, 5) is 11.8. The number of aromatic nitrogens is 1. The molecule has 0 aliphatic heterocycles. The van der Waals surface area contributed by atoms with Crippen LogP contribution in [0.15, 0.2) is 54.9 Å². The van der Waals surface area contributed by atoms with Gasteiger partial charge < -0.3 is 10.1 Å². The van der Waals surface area contributed by atoms with E-state index in [1.165, 1.54) is 6.20 Å². The van der Waals surface area contributed by atoms with Gasteiger partial charge in [0.05, 0.1) is 12.2 Å². The highest BCUT2D eigenvalue weighted by atomic mass is 79.9. The van der Waals surface area contributed by atoms with Gasteiger partial charge in [-0.05, 0) is 24.1 Å². The lowest BCUT2D eigenvalue weighted by Crippen LogP contribution is -2.46. The molecule has 122 valence electrons. The zero-order chi connectivity index (χ0) is 16.7. The Morgan fingerprint density at radius 1 is 1.26 bits per heavy atom. The molecular formula is C16H15BrF2N2O2. The highest BCUT2D eigenvalue weighted by molar-refractivity contribution is 9.10. The molecule has 0 fully saturated rings. The molecule has 0 radical (unpaired) electrons. The second kappa shape index (κ2) is 8.01. The molecule has 1 N–H and O–H groups in total. The maximum Gasteiger partial charge on any atom is 0.377 e. The number of amides is 1. The molecule has 23 heavy (non-hydrogen) atoms. The summed E-state index contributed by atoms with van der Waals surface area (Å²) in [6.45, 7) is 0.0510. The topological polar surface area (TPSA) is 51.2 Å². The van der Waals surface area contributed by atoms with E-state index in [2.05, 4.69) is 26.2 Å². The number of hydrogen-bond donors (Lipinski definition) is 1. The van der Waals surface area contributed by atoms with Crippen molar-refractivity contribution in [3.8, 4) is 5.75 Å². The van der Waals surface area contributed by atoms with Crippen LogP contribution in [-0.4, -0.2) is 28.4 Å². The predicted molar refractivity (Wildman–Crippen MR) is 85.7 cm³/mol. The van der Waals surface area contributed by atoms with Crippen molar-refractivity contribution in [3.63, 3.8) is 0 Å². The first kappa shape index (κ1) is 17.3. The first-order valence-electron chi connectivity index (χ1n) is 6.89. The van der Waals surface area contributed by atoms with E-state index in [9.17, 15) is 13.6 Å². The van der Waals surface area contributed by atoms with Gasteiger partial charge in [0.2, 0.25) is 0 Å². The van der Waals surface area contributed by atoms with E-state index in [-0.39, 0.29) is 6.61 Å². The van der Waals surface area contributed by atoms with Gasteiger partial charge in [0.25, 0.3) is 0 Å². The van der Waals surface area contributed by atoms with Crippen LogP contribution in [0.5, 0.6) is 5.75 Å². The molecular weight excluding hydrogens is 370 g/mol. The van der Waals surface area contributed by atoms with Gasteiger partial charge in [-0.2, -0.15) is 8.78 Å². The maximum atomic E-state index is 13.0. The van der Waals surface area contributed by atoms with Crippen LogP contribution < -0.4 is 10.1 Å². The van der Waals surface area contributed by atoms with E-state index in [4.69, 9.17) is 4.74 Å². The number of pyridine rings is 1. The molecule has 1 unspecified atom stereocenters. The molecule has 1 aromatic heterocycles. The van der Waals surface area contributed by atoms with E-state index < -0.39 is 16.8 Å². The van der Waals surface area contributed by atoms with Crippen LogP contribution >= 0.6 is 15.9 Å². The van der Waals surface area contributed by atoms with Crippen molar-refractivity contribution in [1.82, 2.24) is 10.3 Å². The zero-order valence-corrected chi connectivity index (χ0v) is 13.7. The smallest absolute Gasteiger partial charge is 0.377 e. The monoisotopic (exact) mass is 384 g/mol. The quantitative estimate of drug-likeness (QED) is 0.745. The third-order valence-electron chi connectivity index (χ3n) is 3.00. The highest BCUT2D eigenvalue weighted by Crippen LogP contribution is 2.22. The molecule has 0 saturated heterocycles. The van der Waals surface area contributed by atoms with Gasteiger partial charge in [-0.3, -0.25) is 9.78 Å². The largest absolute Gasteiger partial charge is 0.490 e. The van der Waals surface area contributed by atoms with Crippen LogP contribution in [0.3, 0.4) is 0 Å². The summed E-state index contributed by atoms with van der Waals surface area (Å²) in [5, 5.41) is 2.29. The molecule has 0 spiro atoms. The normalized spacial score (nSPS) is 12.5. The van der Waals surface area contributed by atoms with Crippen LogP contribution in [0.25, 0.3) is 0 Å². The minimum absolute atomic E-state index is 0.0510. The summed E-state index contributed by atoms with van der Waals surface area (Å²) in [7, 11) is 0. The fourth-order valence-corrected chi connectivity index (χ4v) is 2.06. The number of ether oxygens (including phenoxy) is 1. The van der Waals surface area contributed by atoms with Crippen molar-refractivity contribution in [3.05, 3.63) is 60.4 Å². The maximum absolute atomic E-state index is 13.0. The Labute approximate surface area is 141 Å². The Kier molecular flexibility index (Phi) is 6.04. The first-order valence-corrected chi connectivity index (χ1v) is 7.69. The van der Waals surface area contributed by atoms with Crippen LogP contribution in [-0.2, 0) is 11.2 Å². The minimum atomic E-state index is -3.61. The average molecular weight is 385 g/mol. The molecule has 2 rings (SSSR count). The molecule has 0 bridgehead atoms. The molecule has 1 heterocycles. The van der Waals surface area contributed by atoms with E-state index in [0.29, 0.717) is 12.2 Å². The van der Waals surface area contributed by atoms with Gasteiger partial charge in [0, 0.05) is 22.1 Å². The fraction of sp³-hybridized carbons (Fsp3) is 0.250. The minimum Gasteiger partial charge on any atom is -0.490 e. The third kappa shape index (κ3) is 5.94. The lowest BCUT2D eigenvalue weighted by molar-refractivity contribution is -0.135. The number of carbonyl (C=O) groups is 1. The second-order valence-electron chi connectivity index (χ2n) is 4.86. The Balaban J connectivity index is 2.03. The molecule has 1 aromatic carbocycles. The molecule has 1 amide bonds. The summed E-state index contributed by atoms with van der Waals surface area (Å²) in [5.41, 5.74) is 0.908. The van der Waals surface area contributed by atoms with Gasteiger partial charge in [-0.15, -0.1) is 0 Å². The Morgan fingerprint density at radius 3 is 2.61 bits per heavy atom. The Hall–Kier alpha value is -2.02. The fourth-order valence-electron chi connectivity index (χ4n) is 1.95. The number of nitrogens with zero attached hydrogens (tertiary/aromatic N) is 1. The molecule has 0 saturated carbocycles. The Morgan fingerprint density at radius 2 is 2.00 bits per heavy atom. The van der Waals surface area contributed by atoms with Crippen LogP contribution in [0.1, 0.15) is 5.56 Å². The molecule has 2 aromatic rings. The summed E-state index contributed by atoms with van der Waals surface area (Å²) in [6.07, 6.45) is 3.48. The number of alkyl halides is 3. The van der Waals surface area contributed by atoms with Gasteiger partial charge in [0.15, 0.2) is 0 Å². The molecule has 0 aliphatic rings. The molecule has 1 atom stereocenters. The molecule has 0 aliphatic carbocycles. The lowest BCUT2D eigenvalue weighted by Gasteiger charge is -2.21. The van der Waals surface area contributed by atoms with Crippen molar-refractivity contribution in [2.45, 2.75) is 17.3 Å². The van der Waals surface area contributed by atoms with Crippen LogP contribution in [0.2, 0.25) is 0 Å². The standard InChI is InChI=1S/C16H15BrF2N2O2/c17-16(18,19)15(22)21-13(9-12-5-2-1-3-6-12)11-23-14-7-4-8-20-10-14/h1-8,10,13H,9,11H2,(H,21,22). The van der Waals surface area contributed by atoms with E-state index in [0.717, 1.165) is 5.56 Å². The number of halogens is 3. The summed E-state index contributed by atoms with van der Waals surface area (Å²) in [6, 6.07) is 12.1. The van der Waals surface area contributed by atoms with Gasteiger partial charge in [-0.1, -0.05) is 30.3 Å². The number of nitrogens with one attached hydrogen (secondary N) is 1. The van der Waals surface area contributed by atoms with E-state index in [1.807, 2.05) is 30.3 Å². The number of rotatable bonds is 7. The third-order valence-corrected chi connectivity index (χ3v) is 3.36. The van der Waals surface area contributed by atoms with E-state index >= 15 is 0 Å². The Bertz CT molecular complexity index is 621. The number of carbonyl (C=O) groups excluding carboxylic acids is 1. The van der Waals surface area contributed by atoms with Crippen molar-refractivity contribution >= 4 is 21.8 Å². The predicted octanol–water partition coefficient (Wildman–Crippen LogP) is 3.18. The summed E-state index contributed by atoms with van der Waals surface area (Å²) >= 11 is 2.06. The first-order chi connectivity index (χ1) is 10.9. The van der Waals surface area contributed by atoms with Crippen LogP contribution in [0, 0.1) is 0 Å². The van der Waals surface area contributed by atoms with E-state index in [1.54, 1.807) is 18.3 Å². The highest BCUT2D eigenvalue weighted by Gasteiger charge is 2.36. The molecule has 4 nitrogen and oxygen atoms in total. The lowest BCUT2D eigenvalue weighted by atomic mass is 10.1. The van der Waals surface area contributed by atoms with Crippen molar-refractivity contribution in [1.29, 1.82) is 0 Å². The van der Waals surface area contributed by atoms with Crippen molar-refractivity contribution in [2.24, 2.45) is 0 Å². The number of benzene rings is 1. The van der Waals surface area contributed by atoms with Gasteiger partial charge in [0.1, 0.15) is 12.4 Å². The van der Waals surface area contributed by atoms with Crippen LogP contribution in [0.4, 0.5) is 8.78 Å². The molecule has 7 heteroatoms. The van der Waals surface area contributed by atoms with Crippen molar-refractivity contribution < 1.29 is 18.3 Å². The summed E-state index contributed by atoms with van der Waals surface area (Å²) < 4.78 is 31.6. The average Bonchev–Trinajstić information content (AvgIpc) is 2.53. The second-order valence-corrected chi connectivity index (χ2v) is 5.85. The van der Waals surface area contributed by atoms with Gasteiger partial charge >= 0.3 is 10.7 Å².